The summed E-state index contributed by atoms with van der Waals surface area (Å²) in [6, 6.07) is 1.70. The Bertz CT molecular complexity index is 1030. The molecule has 0 amide bonds. The second-order valence-corrected chi connectivity index (χ2v) is 6.48. The van der Waals surface area contributed by atoms with Gasteiger partial charge >= 0.3 is 5.97 Å². The first-order valence-electron chi connectivity index (χ1n) is 7.76. The molecule has 0 radical (unpaired) electrons. The van der Waals surface area contributed by atoms with Crippen LogP contribution in [0.2, 0.25) is 0 Å². The van der Waals surface area contributed by atoms with Gasteiger partial charge in [-0.25, -0.2) is 9.78 Å². The van der Waals surface area contributed by atoms with Crippen LogP contribution in [0.4, 0.5) is 0 Å². The van der Waals surface area contributed by atoms with Gasteiger partial charge in [0, 0.05) is 11.3 Å². The number of aromatic nitrogens is 3. The van der Waals surface area contributed by atoms with Crippen molar-refractivity contribution in [1.82, 2.24) is 14.5 Å². The molecule has 0 spiro atoms. The highest BCUT2D eigenvalue weighted by Crippen LogP contribution is 2.20. The molecule has 3 heterocycles. The molecule has 3 rings (SSSR count). The minimum atomic E-state index is -0.499. The van der Waals surface area contributed by atoms with Crippen LogP contribution in [0.15, 0.2) is 22.6 Å². The van der Waals surface area contributed by atoms with Crippen molar-refractivity contribution in [3.05, 3.63) is 50.6 Å². The maximum Gasteiger partial charge on any atom is 0.355 e. The Morgan fingerprint density at radius 3 is 2.84 bits per heavy atom. The van der Waals surface area contributed by atoms with Gasteiger partial charge in [0.1, 0.15) is 10.5 Å². The second kappa shape index (κ2) is 6.64. The molecule has 0 aliphatic heterocycles. The average molecular weight is 359 g/mol. The predicted molar refractivity (Wildman–Crippen MR) is 94.4 cm³/mol. The number of ketones is 1. The third-order valence-corrected chi connectivity index (χ3v) is 4.78. The zero-order chi connectivity index (χ0) is 18.1. The zero-order valence-corrected chi connectivity index (χ0v) is 14.9. The summed E-state index contributed by atoms with van der Waals surface area (Å²) in [7, 11) is 0. The predicted octanol–water partition coefficient (Wildman–Crippen LogP) is 2.46. The molecule has 25 heavy (non-hydrogen) atoms. The number of aromatic amines is 1. The molecule has 0 fully saturated rings. The monoisotopic (exact) mass is 359 g/mol. The summed E-state index contributed by atoms with van der Waals surface area (Å²) >= 11 is 1.38. The smallest absolute Gasteiger partial charge is 0.355 e. The van der Waals surface area contributed by atoms with Crippen molar-refractivity contribution in [2.45, 2.75) is 27.3 Å². The van der Waals surface area contributed by atoms with Crippen molar-refractivity contribution in [3.63, 3.8) is 0 Å². The van der Waals surface area contributed by atoms with E-state index in [4.69, 9.17) is 4.74 Å². The van der Waals surface area contributed by atoms with Crippen molar-refractivity contribution in [2.24, 2.45) is 0 Å². The number of hydrogen-bond acceptors (Lipinski definition) is 6. The Morgan fingerprint density at radius 1 is 1.36 bits per heavy atom. The van der Waals surface area contributed by atoms with Crippen molar-refractivity contribution < 1.29 is 14.3 Å². The summed E-state index contributed by atoms with van der Waals surface area (Å²) in [4.78, 5) is 44.8. The summed E-state index contributed by atoms with van der Waals surface area (Å²) in [6.07, 6.45) is 1.38. The van der Waals surface area contributed by atoms with Crippen LogP contribution in [-0.2, 0) is 11.3 Å². The highest BCUT2D eigenvalue weighted by Gasteiger charge is 2.23. The largest absolute Gasteiger partial charge is 0.461 e. The molecular weight excluding hydrogens is 342 g/mol. The Morgan fingerprint density at radius 2 is 2.12 bits per heavy atom. The quantitative estimate of drug-likeness (QED) is 0.558. The number of nitrogens with zero attached hydrogens (tertiary/aromatic N) is 2. The molecule has 0 bridgehead atoms. The molecular formula is C17H17N3O4S. The van der Waals surface area contributed by atoms with Gasteiger partial charge in [0.15, 0.2) is 5.78 Å². The summed E-state index contributed by atoms with van der Waals surface area (Å²) in [5, 5.41) is 2.28. The summed E-state index contributed by atoms with van der Waals surface area (Å²) in [5.74, 6) is -0.763. The van der Waals surface area contributed by atoms with Crippen LogP contribution in [0.5, 0.6) is 0 Å². The number of hydrogen-bond donors (Lipinski definition) is 1. The minimum Gasteiger partial charge on any atom is -0.461 e. The Hall–Kier alpha value is -2.74. The van der Waals surface area contributed by atoms with Gasteiger partial charge in [0.05, 0.1) is 24.9 Å². The van der Waals surface area contributed by atoms with Gasteiger partial charge in [-0.15, -0.1) is 11.3 Å². The summed E-state index contributed by atoms with van der Waals surface area (Å²) < 4.78 is 6.27. The molecule has 3 aromatic rings. The molecule has 0 unspecified atom stereocenters. The number of carbonyl (C=O) groups excluding carboxylic acids is 2. The number of fused-ring (bicyclic) bond motifs is 1. The van der Waals surface area contributed by atoms with Crippen LogP contribution in [0.25, 0.3) is 10.2 Å². The van der Waals surface area contributed by atoms with Crippen molar-refractivity contribution in [1.29, 1.82) is 0 Å². The normalized spacial score (nSPS) is 11.0. The first-order valence-corrected chi connectivity index (χ1v) is 8.64. The van der Waals surface area contributed by atoms with Crippen LogP contribution >= 0.6 is 11.3 Å². The zero-order valence-electron chi connectivity index (χ0n) is 14.1. The molecule has 0 aromatic carbocycles. The van der Waals surface area contributed by atoms with E-state index in [0.717, 1.165) is 0 Å². The SMILES string of the molecule is CCOC(=O)c1[nH]c(C)c(C(=O)Cn2cnc3sccc3c2=O)c1C. The van der Waals surface area contributed by atoms with Crippen molar-refractivity contribution >= 4 is 33.3 Å². The second-order valence-electron chi connectivity index (χ2n) is 5.59. The van der Waals surface area contributed by atoms with Gasteiger partial charge < -0.3 is 9.72 Å². The van der Waals surface area contributed by atoms with Crippen molar-refractivity contribution in [2.75, 3.05) is 6.61 Å². The van der Waals surface area contributed by atoms with E-state index in [-0.39, 0.29) is 30.2 Å². The van der Waals surface area contributed by atoms with Crippen LogP contribution in [-0.4, -0.2) is 32.9 Å². The first kappa shape index (κ1) is 17.1. The number of thiophene rings is 1. The fraction of sp³-hybridized carbons (Fsp3) is 0.294. The molecule has 0 saturated heterocycles. The standard InChI is InChI=1S/C17H17N3O4S/c1-4-24-17(23)14-9(2)13(10(3)19-14)12(21)7-20-8-18-15-11(16(20)22)5-6-25-15/h5-6,8,19H,4,7H2,1-3H3. The summed E-state index contributed by atoms with van der Waals surface area (Å²) in [5.41, 5.74) is 1.51. The fourth-order valence-corrected chi connectivity index (χ4v) is 3.54. The summed E-state index contributed by atoms with van der Waals surface area (Å²) in [6.45, 7) is 5.23. The molecule has 130 valence electrons. The van der Waals surface area contributed by atoms with Gasteiger partial charge in [0.25, 0.3) is 5.56 Å². The van der Waals surface area contributed by atoms with Gasteiger partial charge in [-0.3, -0.25) is 14.2 Å². The highest BCUT2D eigenvalue weighted by atomic mass is 32.1. The van der Waals surface area contributed by atoms with E-state index in [1.807, 2.05) is 0 Å². The molecule has 3 aromatic heterocycles. The number of rotatable bonds is 5. The number of aryl methyl sites for hydroxylation is 1. The molecule has 0 saturated carbocycles. The van der Waals surface area contributed by atoms with E-state index in [0.29, 0.717) is 27.0 Å². The van der Waals surface area contributed by atoms with E-state index >= 15 is 0 Å². The first-order chi connectivity index (χ1) is 11.9. The Kier molecular flexibility index (Phi) is 4.54. The minimum absolute atomic E-state index is 0.139. The number of H-pyrrole nitrogens is 1. The third kappa shape index (κ3) is 3.00. The lowest BCUT2D eigenvalue weighted by Gasteiger charge is -2.06. The number of nitrogens with one attached hydrogen (secondary N) is 1. The molecule has 8 heteroatoms. The maximum atomic E-state index is 12.7. The molecule has 0 aliphatic carbocycles. The van der Waals surface area contributed by atoms with Crippen LogP contribution in [0.3, 0.4) is 0 Å². The van der Waals surface area contributed by atoms with Gasteiger partial charge in [-0.2, -0.15) is 0 Å². The fourth-order valence-electron chi connectivity index (χ4n) is 2.82. The van der Waals surface area contributed by atoms with Gasteiger partial charge in [-0.05, 0) is 37.8 Å². The van der Waals surface area contributed by atoms with E-state index in [9.17, 15) is 14.4 Å². The number of esters is 1. The van der Waals surface area contributed by atoms with E-state index < -0.39 is 5.97 Å². The maximum absolute atomic E-state index is 12.7. The average Bonchev–Trinajstić information content (AvgIpc) is 3.15. The number of Topliss-reactive ketones (excluding diaryl/α,β-unsaturated/α-hetero) is 1. The van der Waals surface area contributed by atoms with Gasteiger partial charge in [0.2, 0.25) is 0 Å². The van der Waals surface area contributed by atoms with E-state index in [2.05, 4.69) is 9.97 Å². The highest BCUT2D eigenvalue weighted by molar-refractivity contribution is 7.16. The van der Waals surface area contributed by atoms with Crippen LogP contribution < -0.4 is 5.56 Å². The van der Waals surface area contributed by atoms with Gasteiger partial charge in [-0.1, -0.05) is 0 Å². The molecule has 7 nitrogen and oxygen atoms in total. The lowest BCUT2D eigenvalue weighted by Crippen LogP contribution is -2.24. The lowest BCUT2D eigenvalue weighted by atomic mass is 10.1. The molecule has 0 atom stereocenters. The third-order valence-electron chi connectivity index (χ3n) is 3.96. The van der Waals surface area contributed by atoms with Crippen LogP contribution in [0.1, 0.15) is 39.0 Å². The van der Waals surface area contributed by atoms with Crippen molar-refractivity contribution in [3.8, 4) is 0 Å². The van der Waals surface area contributed by atoms with Crippen LogP contribution in [0, 0.1) is 13.8 Å². The number of carbonyl (C=O) groups is 2. The topological polar surface area (TPSA) is 94.1 Å². The Balaban J connectivity index is 1.94. The lowest BCUT2D eigenvalue weighted by molar-refractivity contribution is 0.0519. The Labute approximate surface area is 147 Å². The molecule has 0 aliphatic rings. The number of ether oxygens (including phenoxy) is 1. The molecule has 1 N–H and O–H groups in total. The van der Waals surface area contributed by atoms with E-state index in [1.54, 1.807) is 32.2 Å². The van der Waals surface area contributed by atoms with E-state index in [1.165, 1.54) is 22.2 Å².